The van der Waals surface area contributed by atoms with Gasteiger partial charge in [-0.2, -0.15) is 0 Å². The number of carbonyl (C=O) groups excluding carboxylic acids is 1. The molecule has 8 heteroatoms. The van der Waals surface area contributed by atoms with Gasteiger partial charge >= 0.3 is 0 Å². The molecule has 0 bridgehead atoms. The first-order valence-electron chi connectivity index (χ1n) is 8.95. The molecule has 0 saturated carbocycles. The third-order valence-electron chi connectivity index (χ3n) is 4.73. The van der Waals surface area contributed by atoms with Gasteiger partial charge in [0.1, 0.15) is 12.1 Å². The van der Waals surface area contributed by atoms with Gasteiger partial charge < -0.3 is 15.1 Å². The van der Waals surface area contributed by atoms with Crippen molar-refractivity contribution in [1.29, 1.82) is 0 Å². The first-order chi connectivity index (χ1) is 12.6. The van der Waals surface area contributed by atoms with Crippen molar-refractivity contribution in [2.24, 2.45) is 0 Å². The summed E-state index contributed by atoms with van der Waals surface area (Å²) in [6.45, 7) is 6.03. The first-order valence-corrected chi connectivity index (χ1v) is 8.95. The Morgan fingerprint density at radius 3 is 2.54 bits per heavy atom. The Hall–Kier alpha value is -2.77. The van der Waals surface area contributed by atoms with Crippen molar-refractivity contribution in [2.75, 3.05) is 36.9 Å². The highest BCUT2D eigenvalue weighted by atomic mass is 16.2. The van der Waals surface area contributed by atoms with E-state index in [2.05, 4.69) is 30.2 Å². The molecule has 8 nitrogen and oxygen atoms in total. The maximum Gasteiger partial charge on any atom is 0.225 e. The molecule has 26 heavy (non-hydrogen) atoms. The van der Waals surface area contributed by atoms with Gasteiger partial charge in [0, 0.05) is 63.7 Å². The molecule has 2 aromatic rings. The maximum atomic E-state index is 11.5. The van der Waals surface area contributed by atoms with Crippen LogP contribution in [0.25, 0.3) is 11.3 Å². The number of nitrogens with zero attached hydrogens (tertiary/aromatic N) is 6. The average Bonchev–Trinajstić information content (AvgIpc) is 2.68. The molecule has 0 aromatic carbocycles. The summed E-state index contributed by atoms with van der Waals surface area (Å²) in [7, 11) is 2.01. The van der Waals surface area contributed by atoms with Crippen LogP contribution in [-0.4, -0.2) is 63.5 Å². The molecule has 2 aromatic heterocycles. The molecule has 1 fully saturated rings. The van der Waals surface area contributed by atoms with Crippen LogP contribution in [0.2, 0.25) is 0 Å². The van der Waals surface area contributed by atoms with Crippen molar-refractivity contribution in [3.63, 3.8) is 0 Å². The summed E-state index contributed by atoms with van der Waals surface area (Å²) in [6.07, 6.45) is 6.98. The summed E-state index contributed by atoms with van der Waals surface area (Å²) in [6, 6.07) is 2.24. The number of amides is 1. The summed E-state index contributed by atoms with van der Waals surface area (Å²) in [5.74, 6) is 1.63. The van der Waals surface area contributed by atoms with E-state index >= 15 is 0 Å². The van der Waals surface area contributed by atoms with Crippen LogP contribution in [0.5, 0.6) is 0 Å². The molecule has 0 unspecified atom stereocenters. The monoisotopic (exact) mass is 355 g/mol. The number of likely N-dealkylation sites (tertiary alicyclic amines) is 1. The van der Waals surface area contributed by atoms with Crippen molar-refractivity contribution in [3.8, 4) is 11.3 Å². The standard InChI is InChI=1S/C18H25N7O/c1-4-19-17-9-16(22-12-23-17)14-10-20-18(21-11-14)24(3)15-5-7-25(8-6-15)13(2)26/h9-12,15H,4-8H2,1-3H3,(H,19,22,23). The van der Waals surface area contributed by atoms with E-state index in [1.807, 2.05) is 24.9 Å². The van der Waals surface area contributed by atoms with Crippen LogP contribution < -0.4 is 10.2 Å². The maximum absolute atomic E-state index is 11.5. The second kappa shape index (κ2) is 8.07. The Labute approximate surface area is 153 Å². The van der Waals surface area contributed by atoms with Gasteiger partial charge in [0.2, 0.25) is 11.9 Å². The van der Waals surface area contributed by atoms with Crippen molar-refractivity contribution >= 4 is 17.7 Å². The summed E-state index contributed by atoms with van der Waals surface area (Å²) in [4.78, 5) is 33.0. The Morgan fingerprint density at radius 1 is 1.23 bits per heavy atom. The molecule has 1 N–H and O–H groups in total. The summed E-state index contributed by atoms with van der Waals surface area (Å²) >= 11 is 0. The molecule has 3 heterocycles. The number of carbonyl (C=O) groups is 1. The summed E-state index contributed by atoms with van der Waals surface area (Å²) in [5, 5.41) is 3.17. The van der Waals surface area contributed by atoms with Crippen LogP contribution in [0.15, 0.2) is 24.8 Å². The number of hydrogen-bond acceptors (Lipinski definition) is 7. The van der Waals surface area contributed by atoms with Gasteiger partial charge in [-0.1, -0.05) is 0 Å². The van der Waals surface area contributed by atoms with Crippen LogP contribution in [-0.2, 0) is 4.79 Å². The van der Waals surface area contributed by atoms with Crippen LogP contribution in [0, 0.1) is 0 Å². The molecule has 0 radical (unpaired) electrons. The molecule has 0 spiro atoms. The highest BCUT2D eigenvalue weighted by Crippen LogP contribution is 2.22. The minimum absolute atomic E-state index is 0.147. The van der Waals surface area contributed by atoms with E-state index in [9.17, 15) is 4.79 Å². The highest BCUT2D eigenvalue weighted by molar-refractivity contribution is 5.73. The molecule has 1 aliphatic heterocycles. The molecule has 0 aliphatic carbocycles. The van der Waals surface area contributed by atoms with Crippen LogP contribution in [0.1, 0.15) is 26.7 Å². The quantitative estimate of drug-likeness (QED) is 0.875. The molecule has 0 atom stereocenters. The van der Waals surface area contributed by atoms with Gasteiger partial charge in [-0.05, 0) is 19.8 Å². The Balaban J connectivity index is 1.67. The van der Waals surface area contributed by atoms with Crippen LogP contribution in [0.3, 0.4) is 0 Å². The van der Waals surface area contributed by atoms with E-state index in [0.29, 0.717) is 12.0 Å². The van der Waals surface area contributed by atoms with E-state index < -0.39 is 0 Å². The van der Waals surface area contributed by atoms with Gasteiger partial charge in [-0.3, -0.25) is 4.79 Å². The third-order valence-corrected chi connectivity index (χ3v) is 4.73. The number of nitrogens with one attached hydrogen (secondary N) is 1. The predicted molar refractivity (Wildman–Crippen MR) is 101 cm³/mol. The topological polar surface area (TPSA) is 87.1 Å². The van der Waals surface area contributed by atoms with E-state index in [-0.39, 0.29) is 5.91 Å². The lowest BCUT2D eigenvalue weighted by molar-refractivity contribution is -0.129. The normalized spacial score (nSPS) is 15.0. The third kappa shape index (κ3) is 4.07. The lowest BCUT2D eigenvalue weighted by Gasteiger charge is -2.36. The van der Waals surface area contributed by atoms with Crippen molar-refractivity contribution in [2.45, 2.75) is 32.7 Å². The van der Waals surface area contributed by atoms with Crippen LogP contribution in [0.4, 0.5) is 11.8 Å². The number of piperidine rings is 1. The highest BCUT2D eigenvalue weighted by Gasteiger charge is 2.25. The molecule has 3 rings (SSSR count). The Kier molecular flexibility index (Phi) is 5.60. The molecule has 1 aliphatic rings. The Morgan fingerprint density at radius 2 is 1.92 bits per heavy atom. The van der Waals surface area contributed by atoms with Gasteiger partial charge in [0.05, 0.1) is 5.69 Å². The van der Waals surface area contributed by atoms with Gasteiger partial charge in [-0.25, -0.2) is 19.9 Å². The van der Waals surface area contributed by atoms with Crippen molar-refractivity contribution in [1.82, 2.24) is 24.8 Å². The number of rotatable bonds is 5. The zero-order chi connectivity index (χ0) is 18.5. The zero-order valence-corrected chi connectivity index (χ0v) is 15.5. The largest absolute Gasteiger partial charge is 0.370 e. The molecule has 1 saturated heterocycles. The minimum Gasteiger partial charge on any atom is -0.370 e. The van der Waals surface area contributed by atoms with E-state index in [0.717, 1.165) is 49.6 Å². The smallest absolute Gasteiger partial charge is 0.225 e. The summed E-state index contributed by atoms with van der Waals surface area (Å²) in [5.41, 5.74) is 1.65. The first kappa shape index (κ1) is 18.0. The number of hydrogen-bond donors (Lipinski definition) is 1. The molecule has 138 valence electrons. The van der Waals surface area contributed by atoms with E-state index in [1.54, 1.807) is 19.3 Å². The number of anilines is 2. The lowest BCUT2D eigenvalue weighted by Crippen LogP contribution is -2.45. The molecular formula is C18H25N7O. The zero-order valence-electron chi connectivity index (χ0n) is 15.5. The average molecular weight is 355 g/mol. The fraction of sp³-hybridized carbons (Fsp3) is 0.500. The fourth-order valence-corrected chi connectivity index (χ4v) is 3.16. The van der Waals surface area contributed by atoms with Crippen molar-refractivity contribution < 1.29 is 4.79 Å². The second-order valence-corrected chi connectivity index (χ2v) is 6.44. The minimum atomic E-state index is 0.147. The molecule has 1 amide bonds. The summed E-state index contributed by atoms with van der Waals surface area (Å²) < 4.78 is 0. The fourth-order valence-electron chi connectivity index (χ4n) is 3.16. The SMILES string of the molecule is CCNc1cc(-c2cnc(N(C)C3CCN(C(C)=O)CC3)nc2)ncn1. The van der Waals surface area contributed by atoms with Gasteiger partial charge in [0.25, 0.3) is 0 Å². The predicted octanol–water partition coefficient (Wildman–Crippen LogP) is 1.81. The van der Waals surface area contributed by atoms with E-state index in [4.69, 9.17) is 0 Å². The van der Waals surface area contributed by atoms with Gasteiger partial charge in [-0.15, -0.1) is 0 Å². The Bertz CT molecular complexity index is 741. The number of aromatic nitrogens is 4. The van der Waals surface area contributed by atoms with E-state index in [1.165, 1.54) is 6.33 Å². The van der Waals surface area contributed by atoms with Gasteiger partial charge in [0.15, 0.2) is 0 Å². The van der Waals surface area contributed by atoms with Crippen LogP contribution >= 0.6 is 0 Å². The van der Waals surface area contributed by atoms with Crippen molar-refractivity contribution in [3.05, 3.63) is 24.8 Å². The molecular weight excluding hydrogens is 330 g/mol. The lowest BCUT2D eigenvalue weighted by atomic mass is 10.0. The second-order valence-electron chi connectivity index (χ2n) is 6.44.